The summed E-state index contributed by atoms with van der Waals surface area (Å²) in [6.45, 7) is 10.8. The number of hydrogen-bond acceptors (Lipinski definition) is 3. The number of aliphatic hydroxyl groups excluding tert-OH is 1. The van der Waals surface area contributed by atoms with Crippen molar-refractivity contribution in [3.63, 3.8) is 0 Å². The molecule has 0 saturated heterocycles. The Labute approximate surface area is 115 Å². The maximum absolute atomic E-state index is 9.55. The van der Waals surface area contributed by atoms with Crippen molar-refractivity contribution in [1.29, 1.82) is 0 Å². The Morgan fingerprint density at radius 2 is 1.84 bits per heavy atom. The lowest BCUT2D eigenvalue weighted by Crippen LogP contribution is -2.29. The van der Waals surface area contributed by atoms with Crippen molar-refractivity contribution < 1.29 is 9.84 Å². The van der Waals surface area contributed by atoms with Crippen LogP contribution < -0.4 is 0 Å². The van der Waals surface area contributed by atoms with Crippen LogP contribution in [0.25, 0.3) is 0 Å². The third-order valence-corrected chi connectivity index (χ3v) is 3.62. The molecule has 0 radical (unpaired) electrons. The Kier molecular flexibility index (Phi) is 3.43. The first-order valence-corrected chi connectivity index (χ1v) is 6.74. The molecule has 0 spiro atoms. The number of rotatable bonds is 3. The number of nitrogens with zero attached hydrogens (tertiary/aromatic N) is 1. The summed E-state index contributed by atoms with van der Waals surface area (Å²) in [4.78, 5) is 4.67. The fourth-order valence-corrected chi connectivity index (χ4v) is 2.21. The van der Waals surface area contributed by atoms with Crippen LogP contribution in [0.5, 0.6) is 0 Å². The van der Waals surface area contributed by atoms with Crippen molar-refractivity contribution in [3.8, 4) is 0 Å². The van der Waals surface area contributed by atoms with E-state index in [1.54, 1.807) is 6.92 Å². The molecule has 1 unspecified atom stereocenters. The second kappa shape index (κ2) is 4.64. The molecule has 2 rings (SSSR count). The maximum Gasteiger partial charge on any atom is 0.194 e. The van der Waals surface area contributed by atoms with E-state index in [1.807, 2.05) is 24.3 Å². The minimum atomic E-state index is -0.434. The fraction of sp³-hybridized carbons (Fsp3) is 0.562. The van der Waals surface area contributed by atoms with Gasteiger partial charge in [-0.3, -0.25) is 0 Å². The molecule has 1 aliphatic heterocycles. The number of aliphatic hydroxyl groups is 1. The third kappa shape index (κ3) is 2.81. The second-order valence-electron chi connectivity index (χ2n) is 6.44. The Hall–Kier alpha value is -1.35. The summed E-state index contributed by atoms with van der Waals surface area (Å²) in [6, 6.07) is 8.00. The van der Waals surface area contributed by atoms with Crippen molar-refractivity contribution in [3.05, 3.63) is 35.4 Å². The Morgan fingerprint density at radius 3 is 2.26 bits per heavy atom. The molecule has 0 amide bonds. The highest BCUT2D eigenvalue weighted by Crippen LogP contribution is 2.32. The van der Waals surface area contributed by atoms with E-state index in [0.29, 0.717) is 6.61 Å². The van der Waals surface area contributed by atoms with E-state index in [2.05, 4.69) is 32.7 Å². The van der Waals surface area contributed by atoms with E-state index in [-0.39, 0.29) is 11.0 Å². The summed E-state index contributed by atoms with van der Waals surface area (Å²) in [7, 11) is 0. The van der Waals surface area contributed by atoms with Crippen LogP contribution >= 0.6 is 0 Å². The van der Waals surface area contributed by atoms with E-state index in [0.717, 1.165) is 17.0 Å². The van der Waals surface area contributed by atoms with Gasteiger partial charge in [0, 0.05) is 0 Å². The molecule has 3 nitrogen and oxygen atoms in total. The fourth-order valence-electron chi connectivity index (χ4n) is 2.21. The van der Waals surface area contributed by atoms with Crippen LogP contribution in [0.2, 0.25) is 0 Å². The van der Waals surface area contributed by atoms with E-state index < -0.39 is 6.10 Å². The molecule has 1 aromatic carbocycles. The predicted octanol–water partition coefficient (Wildman–Crippen LogP) is 3.22. The lowest BCUT2D eigenvalue weighted by molar-refractivity contribution is 0.199. The number of aliphatic imine (C=N–C) groups is 1. The van der Waals surface area contributed by atoms with Crippen molar-refractivity contribution in [1.82, 2.24) is 0 Å². The molecule has 19 heavy (non-hydrogen) atoms. The number of hydrogen-bond donors (Lipinski definition) is 1. The van der Waals surface area contributed by atoms with Gasteiger partial charge in [-0.05, 0) is 45.7 Å². The van der Waals surface area contributed by atoms with Crippen molar-refractivity contribution in [2.24, 2.45) is 4.99 Å². The normalized spacial score (nSPS) is 19.8. The van der Waals surface area contributed by atoms with Gasteiger partial charge in [-0.15, -0.1) is 0 Å². The molecular weight excluding hydrogens is 238 g/mol. The van der Waals surface area contributed by atoms with Crippen LogP contribution in [-0.2, 0) is 10.2 Å². The standard InChI is InChI=1S/C16H23NO2/c1-11(18)12-6-8-13(9-7-12)16(4,5)14-17-15(2,3)10-19-14/h6-9,11,18H,10H2,1-5H3. The molecule has 0 aromatic heterocycles. The molecular formula is C16H23NO2. The van der Waals surface area contributed by atoms with Gasteiger partial charge in [-0.25, -0.2) is 4.99 Å². The molecule has 104 valence electrons. The van der Waals surface area contributed by atoms with Gasteiger partial charge in [-0.2, -0.15) is 0 Å². The smallest absolute Gasteiger partial charge is 0.194 e. The first kappa shape index (κ1) is 14.1. The topological polar surface area (TPSA) is 41.8 Å². The molecule has 1 aromatic rings. The molecule has 0 fully saturated rings. The summed E-state index contributed by atoms with van der Waals surface area (Å²) in [6.07, 6.45) is -0.434. The zero-order valence-corrected chi connectivity index (χ0v) is 12.4. The summed E-state index contributed by atoms with van der Waals surface area (Å²) in [5.74, 6) is 0.794. The SMILES string of the molecule is CC(O)c1ccc(C(C)(C)C2=NC(C)(C)CO2)cc1. The van der Waals surface area contributed by atoms with Gasteiger partial charge in [0.2, 0.25) is 0 Å². The van der Waals surface area contributed by atoms with Crippen molar-refractivity contribution in [2.45, 2.75) is 51.7 Å². The lowest BCUT2D eigenvalue weighted by Gasteiger charge is -2.24. The zero-order valence-electron chi connectivity index (χ0n) is 12.4. The number of ether oxygens (including phenoxy) is 1. The minimum absolute atomic E-state index is 0.133. The third-order valence-electron chi connectivity index (χ3n) is 3.62. The van der Waals surface area contributed by atoms with Crippen LogP contribution in [0.3, 0.4) is 0 Å². The average Bonchev–Trinajstić information content (AvgIpc) is 2.70. The van der Waals surface area contributed by atoms with Crippen LogP contribution in [0.15, 0.2) is 29.3 Å². The number of benzene rings is 1. The Morgan fingerprint density at radius 1 is 1.26 bits per heavy atom. The van der Waals surface area contributed by atoms with Gasteiger partial charge in [-0.1, -0.05) is 24.3 Å². The van der Waals surface area contributed by atoms with Gasteiger partial charge < -0.3 is 9.84 Å². The largest absolute Gasteiger partial charge is 0.478 e. The molecule has 3 heteroatoms. The first-order chi connectivity index (χ1) is 8.72. The first-order valence-electron chi connectivity index (χ1n) is 6.74. The van der Waals surface area contributed by atoms with Gasteiger partial charge in [0.05, 0.1) is 17.1 Å². The van der Waals surface area contributed by atoms with Crippen molar-refractivity contribution >= 4 is 5.90 Å². The highest BCUT2D eigenvalue weighted by Gasteiger charge is 2.36. The van der Waals surface area contributed by atoms with Gasteiger partial charge >= 0.3 is 0 Å². The molecule has 0 bridgehead atoms. The van der Waals surface area contributed by atoms with E-state index >= 15 is 0 Å². The summed E-state index contributed by atoms with van der Waals surface area (Å²) in [5, 5.41) is 9.55. The van der Waals surface area contributed by atoms with Gasteiger partial charge in [0.25, 0.3) is 0 Å². The Balaban J connectivity index is 2.30. The molecule has 0 aliphatic carbocycles. The lowest BCUT2D eigenvalue weighted by atomic mass is 9.83. The van der Waals surface area contributed by atoms with E-state index in [9.17, 15) is 5.11 Å². The zero-order chi connectivity index (χ0) is 14.3. The van der Waals surface area contributed by atoms with Gasteiger partial charge in [0.15, 0.2) is 5.90 Å². The average molecular weight is 261 g/mol. The predicted molar refractivity (Wildman–Crippen MR) is 77.6 cm³/mol. The quantitative estimate of drug-likeness (QED) is 0.907. The second-order valence-corrected chi connectivity index (χ2v) is 6.44. The minimum Gasteiger partial charge on any atom is -0.478 e. The summed E-state index contributed by atoms with van der Waals surface area (Å²) in [5.41, 5.74) is 1.69. The maximum atomic E-state index is 9.55. The molecule has 1 N–H and O–H groups in total. The molecule has 0 saturated carbocycles. The summed E-state index contributed by atoms with van der Waals surface area (Å²) >= 11 is 0. The van der Waals surface area contributed by atoms with Crippen LogP contribution in [0, 0.1) is 0 Å². The summed E-state index contributed by atoms with van der Waals surface area (Å²) < 4.78 is 5.77. The highest BCUT2D eigenvalue weighted by molar-refractivity contribution is 5.89. The highest BCUT2D eigenvalue weighted by atomic mass is 16.5. The van der Waals surface area contributed by atoms with E-state index in [4.69, 9.17) is 4.74 Å². The van der Waals surface area contributed by atoms with Gasteiger partial charge in [0.1, 0.15) is 6.61 Å². The van der Waals surface area contributed by atoms with Crippen LogP contribution in [0.4, 0.5) is 0 Å². The van der Waals surface area contributed by atoms with E-state index in [1.165, 1.54) is 0 Å². The van der Waals surface area contributed by atoms with Crippen LogP contribution in [-0.4, -0.2) is 23.2 Å². The van der Waals surface area contributed by atoms with Crippen LogP contribution in [0.1, 0.15) is 51.8 Å². The Bertz CT molecular complexity index is 484. The van der Waals surface area contributed by atoms with Crippen molar-refractivity contribution in [2.75, 3.05) is 6.61 Å². The molecule has 1 aliphatic rings. The monoisotopic (exact) mass is 261 g/mol. The molecule has 1 atom stereocenters. The molecule has 1 heterocycles.